The van der Waals surface area contributed by atoms with Gasteiger partial charge in [0.1, 0.15) is 12.6 Å². The zero-order chi connectivity index (χ0) is 26.4. The van der Waals surface area contributed by atoms with Crippen LogP contribution in [0.5, 0.6) is 0 Å². The molecule has 4 rings (SSSR count). The van der Waals surface area contributed by atoms with Crippen molar-refractivity contribution in [3.63, 3.8) is 0 Å². The van der Waals surface area contributed by atoms with Crippen LogP contribution in [0.3, 0.4) is 0 Å². The smallest absolute Gasteiger partial charge is 0.359 e. The first-order valence-electron chi connectivity index (χ1n) is 11.6. The summed E-state index contributed by atoms with van der Waals surface area (Å²) in [6.45, 7) is 2.81. The average molecular weight is 514 g/mol. The fourth-order valence-electron chi connectivity index (χ4n) is 3.93. The molecule has 9 nitrogen and oxygen atoms in total. The second kappa shape index (κ2) is 11.4. The molecule has 1 aliphatic heterocycles. The number of nitrogens with one attached hydrogen (secondary N) is 3. The number of hydrogen-bond acceptors (Lipinski definition) is 8. The molecule has 3 atom stereocenters. The van der Waals surface area contributed by atoms with Gasteiger partial charge in [-0.3, -0.25) is 15.1 Å². The van der Waals surface area contributed by atoms with Crippen LogP contribution in [0.15, 0.2) is 61.2 Å². The molecular formula is C25H26F3N7O2. The van der Waals surface area contributed by atoms with Gasteiger partial charge in [0.15, 0.2) is 5.82 Å². The summed E-state index contributed by atoms with van der Waals surface area (Å²) in [5, 5.41) is 9.15. The molecule has 0 bridgehead atoms. The lowest BCUT2D eigenvalue weighted by molar-refractivity contribution is -0.148. The van der Waals surface area contributed by atoms with Crippen molar-refractivity contribution < 1.29 is 22.7 Å². The van der Waals surface area contributed by atoms with Crippen molar-refractivity contribution in [1.29, 1.82) is 0 Å². The van der Waals surface area contributed by atoms with Gasteiger partial charge in [0.25, 0.3) is 0 Å². The quantitative estimate of drug-likeness (QED) is 0.376. The highest BCUT2D eigenvalue weighted by molar-refractivity contribution is 5.90. The number of benzene rings is 1. The molecular weight excluding hydrogens is 487 g/mol. The van der Waals surface area contributed by atoms with Gasteiger partial charge < -0.3 is 15.4 Å². The second-order valence-electron chi connectivity index (χ2n) is 8.44. The number of alkyl halides is 3. The Labute approximate surface area is 211 Å². The van der Waals surface area contributed by atoms with Gasteiger partial charge in [0, 0.05) is 36.6 Å². The maximum Gasteiger partial charge on any atom is 0.391 e. The number of rotatable bonds is 8. The summed E-state index contributed by atoms with van der Waals surface area (Å²) in [6.07, 6.45) is 2.14. The number of ether oxygens (including phenoxy) is 1. The van der Waals surface area contributed by atoms with E-state index < -0.39 is 31.5 Å². The van der Waals surface area contributed by atoms with Crippen molar-refractivity contribution >= 4 is 23.2 Å². The number of carbonyl (C=O) groups excluding carboxylic acids is 1. The SMILES string of the molecule is CC(=O)Nc1cccc(Nc2ncnc(C3NC(OCCC(F)(F)F)C=CC3c3ccncc3)n2)c1C. The van der Waals surface area contributed by atoms with Crippen molar-refractivity contribution in [1.82, 2.24) is 25.3 Å². The lowest BCUT2D eigenvalue weighted by atomic mass is 9.88. The van der Waals surface area contributed by atoms with E-state index in [1.54, 1.807) is 30.6 Å². The number of aromatic nitrogens is 4. The summed E-state index contributed by atoms with van der Waals surface area (Å²) in [6, 6.07) is 8.60. The number of amides is 1. The third kappa shape index (κ3) is 7.08. The maximum absolute atomic E-state index is 12.6. The summed E-state index contributed by atoms with van der Waals surface area (Å²) in [5.41, 5.74) is 3.07. The van der Waals surface area contributed by atoms with E-state index in [-0.39, 0.29) is 17.8 Å². The molecule has 0 radical (unpaired) electrons. The van der Waals surface area contributed by atoms with Crippen molar-refractivity contribution in [3.05, 3.63) is 78.2 Å². The third-order valence-electron chi connectivity index (χ3n) is 5.73. The third-order valence-corrected chi connectivity index (χ3v) is 5.73. The number of anilines is 3. The molecule has 3 N–H and O–H groups in total. The van der Waals surface area contributed by atoms with Gasteiger partial charge in [0.05, 0.1) is 19.1 Å². The topological polar surface area (TPSA) is 114 Å². The van der Waals surface area contributed by atoms with E-state index in [1.807, 2.05) is 31.2 Å². The lowest BCUT2D eigenvalue weighted by Gasteiger charge is -2.32. The first-order valence-corrected chi connectivity index (χ1v) is 11.6. The first-order chi connectivity index (χ1) is 17.7. The standard InChI is InChI=1S/C25H26F3N7O2/c1-15-19(32-16(2)36)4-3-5-20(15)33-24-31-14-30-23(35-24)22-18(17-8-11-29-12-9-17)6-7-21(34-22)37-13-10-25(26,27)28/h3-9,11-12,14,18,21-22,34H,10,13H2,1-2H3,(H,32,36)(H,30,31,33,35). The van der Waals surface area contributed by atoms with Gasteiger partial charge in [-0.1, -0.05) is 12.1 Å². The van der Waals surface area contributed by atoms with Crippen molar-refractivity contribution in [2.45, 2.75) is 44.6 Å². The Morgan fingerprint density at radius 3 is 2.59 bits per heavy atom. The Kier molecular flexibility index (Phi) is 8.09. The van der Waals surface area contributed by atoms with Gasteiger partial charge in [-0.05, 0) is 48.4 Å². The highest BCUT2D eigenvalue weighted by Gasteiger charge is 2.32. The molecule has 194 valence electrons. The fourth-order valence-corrected chi connectivity index (χ4v) is 3.93. The highest BCUT2D eigenvalue weighted by Crippen LogP contribution is 2.34. The monoisotopic (exact) mass is 513 g/mol. The predicted molar refractivity (Wildman–Crippen MR) is 131 cm³/mol. The van der Waals surface area contributed by atoms with Crippen molar-refractivity contribution in [2.75, 3.05) is 17.2 Å². The van der Waals surface area contributed by atoms with Gasteiger partial charge in [-0.25, -0.2) is 9.97 Å². The van der Waals surface area contributed by atoms with Crippen LogP contribution in [0.1, 0.15) is 42.3 Å². The fraction of sp³-hybridized carbons (Fsp3) is 0.320. The number of halogens is 3. The average Bonchev–Trinajstić information content (AvgIpc) is 2.86. The van der Waals surface area contributed by atoms with E-state index in [1.165, 1.54) is 13.3 Å². The Hall–Kier alpha value is -3.90. The van der Waals surface area contributed by atoms with Crippen molar-refractivity contribution in [3.8, 4) is 0 Å². The zero-order valence-electron chi connectivity index (χ0n) is 20.2. The Balaban J connectivity index is 1.58. The number of hydrogen-bond donors (Lipinski definition) is 3. The van der Waals surface area contributed by atoms with Crippen LogP contribution in [0.25, 0.3) is 0 Å². The van der Waals surface area contributed by atoms with Crippen molar-refractivity contribution in [2.24, 2.45) is 0 Å². The maximum atomic E-state index is 12.6. The van der Waals surface area contributed by atoms with Gasteiger partial charge in [-0.15, -0.1) is 0 Å². The summed E-state index contributed by atoms with van der Waals surface area (Å²) < 4.78 is 43.2. The molecule has 3 aromatic rings. The molecule has 1 aliphatic rings. The first kappa shape index (κ1) is 26.2. The Morgan fingerprint density at radius 1 is 1.11 bits per heavy atom. The number of carbonyl (C=O) groups is 1. The Morgan fingerprint density at radius 2 is 1.86 bits per heavy atom. The van der Waals surface area contributed by atoms with Gasteiger partial charge in [-0.2, -0.15) is 18.2 Å². The predicted octanol–water partition coefficient (Wildman–Crippen LogP) is 4.56. The number of pyridine rings is 1. The summed E-state index contributed by atoms with van der Waals surface area (Å²) in [7, 11) is 0. The van der Waals surface area contributed by atoms with Crippen LogP contribution in [0, 0.1) is 6.92 Å². The lowest BCUT2D eigenvalue weighted by Crippen LogP contribution is -2.40. The normalized spacial score (nSPS) is 19.4. The molecule has 0 aliphatic carbocycles. The summed E-state index contributed by atoms with van der Waals surface area (Å²) in [4.78, 5) is 28.7. The molecule has 0 saturated heterocycles. The van der Waals surface area contributed by atoms with Crippen LogP contribution in [0.4, 0.5) is 30.5 Å². The van der Waals surface area contributed by atoms with E-state index >= 15 is 0 Å². The molecule has 37 heavy (non-hydrogen) atoms. The molecule has 1 aromatic carbocycles. The zero-order valence-corrected chi connectivity index (χ0v) is 20.2. The van der Waals surface area contributed by atoms with Gasteiger partial charge in [0.2, 0.25) is 11.9 Å². The van der Waals surface area contributed by atoms with Crippen LogP contribution in [-0.4, -0.2) is 44.9 Å². The molecule has 0 fully saturated rings. The highest BCUT2D eigenvalue weighted by atomic mass is 19.4. The second-order valence-corrected chi connectivity index (χ2v) is 8.44. The molecule has 2 aromatic heterocycles. The molecule has 0 saturated carbocycles. The molecule has 0 spiro atoms. The van der Waals surface area contributed by atoms with E-state index in [0.717, 1.165) is 11.1 Å². The van der Waals surface area contributed by atoms with E-state index in [4.69, 9.17) is 4.74 Å². The largest absolute Gasteiger partial charge is 0.391 e. The minimum Gasteiger partial charge on any atom is -0.359 e. The van der Waals surface area contributed by atoms with E-state index in [0.29, 0.717) is 17.2 Å². The minimum atomic E-state index is -4.30. The van der Waals surface area contributed by atoms with E-state index in [2.05, 4.69) is 35.9 Å². The molecule has 3 heterocycles. The Bertz CT molecular complexity index is 1250. The molecule has 1 amide bonds. The van der Waals surface area contributed by atoms with Gasteiger partial charge >= 0.3 is 6.18 Å². The molecule has 12 heteroatoms. The van der Waals surface area contributed by atoms with E-state index in [9.17, 15) is 18.0 Å². The summed E-state index contributed by atoms with van der Waals surface area (Å²) >= 11 is 0. The number of nitrogens with zero attached hydrogens (tertiary/aromatic N) is 4. The van der Waals surface area contributed by atoms with Crippen LogP contribution >= 0.6 is 0 Å². The minimum absolute atomic E-state index is 0.187. The molecule has 3 unspecified atom stereocenters. The summed E-state index contributed by atoms with van der Waals surface area (Å²) in [5.74, 6) is 0.232. The van der Waals surface area contributed by atoms with Crippen LogP contribution in [-0.2, 0) is 9.53 Å². The van der Waals surface area contributed by atoms with Crippen LogP contribution in [0.2, 0.25) is 0 Å². The van der Waals surface area contributed by atoms with Crippen LogP contribution < -0.4 is 16.0 Å².